The Morgan fingerprint density at radius 2 is 2.05 bits per heavy atom. The molecule has 1 heterocycles. The van der Waals surface area contributed by atoms with Gasteiger partial charge in [-0.05, 0) is 32.1 Å². The molecule has 1 fully saturated rings. The number of hydrogen-bond acceptors (Lipinski definition) is 5. The van der Waals surface area contributed by atoms with Gasteiger partial charge < -0.3 is 10.3 Å². The topological polar surface area (TPSA) is 67.1 Å². The van der Waals surface area contributed by atoms with E-state index in [9.17, 15) is 0 Å². The van der Waals surface area contributed by atoms with Gasteiger partial charge in [0.1, 0.15) is 17.5 Å². The predicted octanol–water partition coefficient (Wildman–Crippen LogP) is 2.87. The van der Waals surface area contributed by atoms with Gasteiger partial charge in [0.15, 0.2) is 0 Å². The maximum Gasteiger partial charge on any atom is 0.145 e. The number of nitrogens with two attached hydrogens (primary N) is 1. The van der Waals surface area contributed by atoms with Crippen LogP contribution in [0.4, 0.5) is 11.6 Å². The first-order valence-corrected chi connectivity index (χ1v) is 7.69. The largest absolute Gasteiger partial charge is 0.353 e. The van der Waals surface area contributed by atoms with Crippen molar-refractivity contribution >= 4 is 11.6 Å². The molecule has 0 amide bonds. The van der Waals surface area contributed by atoms with E-state index in [2.05, 4.69) is 34.1 Å². The van der Waals surface area contributed by atoms with Gasteiger partial charge in [-0.2, -0.15) is 0 Å². The lowest BCUT2D eigenvalue weighted by Crippen LogP contribution is -2.35. The molecule has 0 radical (unpaired) electrons. The van der Waals surface area contributed by atoms with Crippen LogP contribution in [0, 0.1) is 12.8 Å². The number of nitrogen functional groups attached to an aromatic ring is 1. The highest BCUT2D eigenvalue weighted by molar-refractivity contribution is 5.49. The summed E-state index contributed by atoms with van der Waals surface area (Å²) in [4.78, 5) is 11.4. The highest BCUT2D eigenvalue weighted by atomic mass is 15.3. The van der Waals surface area contributed by atoms with Crippen molar-refractivity contribution in [3.05, 3.63) is 11.9 Å². The first-order chi connectivity index (χ1) is 9.60. The molecule has 1 aliphatic carbocycles. The molecule has 0 bridgehead atoms. The van der Waals surface area contributed by atoms with Crippen LogP contribution in [0.15, 0.2) is 6.07 Å². The summed E-state index contributed by atoms with van der Waals surface area (Å²) in [6.45, 7) is 7.51. The van der Waals surface area contributed by atoms with Gasteiger partial charge in [-0.25, -0.2) is 15.8 Å². The average molecular weight is 277 g/mol. The number of hydrazine groups is 1. The van der Waals surface area contributed by atoms with E-state index in [1.165, 1.54) is 32.1 Å². The van der Waals surface area contributed by atoms with Crippen LogP contribution in [0.3, 0.4) is 0 Å². The Balaban J connectivity index is 2.22. The lowest BCUT2D eigenvalue weighted by Gasteiger charge is -2.31. The molecule has 0 atom stereocenters. The standard InChI is InChI=1S/C15H27N5/c1-11(2)8-9-20(13-6-4-5-7-13)15-10-14(19-16)17-12(3)18-15/h10-11,13H,4-9,16H2,1-3H3,(H,17,18,19). The number of aryl methyl sites for hydroxylation is 1. The van der Waals surface area contributed by atoms with E-state index >= 15 is 0 Å². The Labute approximate surface area is 121 Å². The molecule has 3 N–H and O–H groups in total. The fourth-order valence-corrected chi connectivity index (χ4v) is 2.87. The molecule has 2 rings (SSSR count). The van der Waals surface area contributed by atoms with Crippen molar-refractivity contribution in [1.82, 2.24) is 9.97 Å². The van der Waals surface area contributed by atoms with Gasteiger partial charge >= 0.3 is 0 Å². The van der Waals surface area contributed by atoms with Crippen LogP contribution in [0.1, 0.15) is 51.8 Å². The van der Waals surface area contributed by atoms with Crippen LogP contribution < -0.4 is 16.2 Å². The first kappa shape index (κ1) is 15.0. The molecule has 0 saturated heterocycles. The number of nitrogens with zero attached hydrogens (tertiary/aromatic N) is 3. The highest BCUT2D eigenvalue weighted by Gasteiger charge is 2.24. The average Bonchev–Trinajstić information content (AvgIpc) is 2.92. The van der Waals surface area contributed by atoms with Gasteiger partial charge in [0.05, 0.1) is 0 Å². The first-order valence-electron chi connectivity index (χ1n) is 7.69. The summed E-state index contributed by atoms with van der Waals surface area (Å²) in [5.41, 5.74) is 2.64. The number of nitrogens with one attached hydrogen (secondary N) is 1. The van der Waals surface area contributed by atoms with E-state index < -0.39 is 0 Å². The van der Waals surface area contributed by atoms with Crippen molar-refractivity contribution in [2.24, 2.45) is 11.8 Å². The SMILES string of the molecule is Cc1nc(NN)cc(N(CCC(C)C)C2CCCC2)n1. The van der Waals surface area contributed by atoms with Crippen LogP contribution >= 0.6 is 0 Å². The van der Waals surface area contributed by atoms with Crippen molar-refractivity contribution in [3.63, 3.8) is 0 Å². The molecule has 1 aliphatic rings. The predicted molar refractivity (Wildman–Crippen MR) is 83.6 cm³/mol. The molecule has 1 aromatic rings. The number of anilines is 2. The second-order valence-electron chi connectivity index (χ2n) is 6.12. The van der Waals surface area contributed by atoms with Gasteiger partial charge in [-0.15, -0.1) is 0 Å². The Morgan fingerprint density at radius 3 is 2.65 bits per heavy atom. The van der Waals surface area contributed by atoms with Gasteiger partial charge in [-0.1, -0.05) is 26.7 Å². The molecule has 5 nitrogen and oxygen atoms in total. The summed E-state index contributed by atoms with van der Waals surface area (Å²) < 4.78 is 0. The van der Waals surface area contributed by atoms with Crippen molar-refractivity contribution in [2.75, 3.05) is 16.9 Å². The second-order valence-corrected chi connectivity index (χ2v) is 6.12. The minimum Gasteiger partial charge on any atom is -0.353 e. The summed E-state index contributed by atoms with van der Waals surface area (Å²) >= 11 is 0. The summed E-state index contributed by atoms with van der Waals surface area (Å²) in [6.07, 6.45) is 6.38. The number of rotatable bonds is 6. The third-order valence-electron chi connectivity index (χ3n) is 3.98. The fraction of sp³-hybridized carbons (Fsp3) is 0.733. The van der Waals surface area contributed by atoms with Crippen LogP contribution in [-0.2, 0) is 0 Å². The quantitative estimate of drug-likeness (QED) is 0.618. The summed E-state index contributed by atoms with van der Waals surface area (Å²) in [5, 5.41) is 0. The van der Waals surface area contributed by atoms with Gasteiger partial charge in [0.2, 0.25) is 0 Å². The lowest BCUT2D eigenvalue weighted by atomic mass is 10.1. The van der Waals surface area contributed by atoms with E-state index in [-0.39, 0.29) is 0 Å². The van der Waals surface area contributed by atoms with Crippen LogP contribution in [0.5, 0.6) is 0 Å². The summed E-state index contributed by atoms with van der Waals surface area (Å²) in [6, 6.07) is 2.58. The van der Waals surface area contributed by atoms with Crippen molar-refractivity contribution in [1.29, 1.82) is 0 Å². The zero-order chi connectivity index (χ0) is 14.5. The molecule has 1 saturated carbocycles. The van der Waals surface area contributed by atoms with E-state index in [1.54, 1.807) is 0 Å². The molecule has 0 aromatic carbocycles. The summed E-state index contributed by atoms with van der Waals surface area (Å²) in [5.74, 6) is 8.68. The molecular weight excluding hydrogens is 250 g/mol. The van der Waals surface area contributed by atoms with Crippen LogP contribution in [-0.4, -0.2) is 22.6 Å². The maximum atomic E-state index is 5.50. The lowest BCUT2D eigenvalue weighted by molar-refractivity contribution is 0.524. The molecule has 0 spiro atoms. The van der Waals surface area contributed by atoms with E-state index in [0.29, 0.717) is 17.8 Å². The van der Waals surface area contributed by atoms with E-state index in [0.717, 1.165) is 18.2 Å². The number of hydrogen-bond donors (Lipinski definition) is 2. The molecule has 0 unspecified atom stereocenters. The molecule has 5 heteroatoms. The second kappa shape index (κ2) is 6.88. The summed E-state index contributed by atoms with van der Waals surface area (Å²) in [7, 11) is 0. The Kier molecular flexibility index (Phi) is 5.17. The van der Waals surface area contributed by atoms with E-state index in [1.807, 2.05) is 13.0 Å². The smallest absolute Gasteiger partial charge is 0.145 e. The Bertz CT molecular complexity index is 426. The number of aromatic nitrogens is 2. The molecule has 0 aliphatic heterocycles. The highest BCUT2D eigenvalue weighted by Crippen LogP contribution is 2.28. The van der Waals surface area contributed by atoms with E-state index in [4.69, 9.17) is 5.84 Å². The molecule has 20 heavy (non-hydrogen) atoms. The molecule has 1 aromatic heterocycles. The van der Waals surface area contributed by atoms with Crippen LogP contribution in [0.2, 0.25) is 0 Å². The maximum absolute atomic E-state index is 5.50. The zero-order valence-electron chi connectivity index (χ0n) is 12.9. The van der Waals surface area contributed by atoms with Gasteiger partial charge in [0.25, 0.3) is 0 Å². The van der Waals surface area contributed by atoms with Crippen LogP contribution in [0.25, 0.3) is 0 Å². The molecular formula is C15H27N5. The van der Waals surface area contributed by atoms with Gasteiger partial charge in [0, 0.05) is 18.7 Å². The van der Waals surface area contributed by atoms with Crippen molar-refractivity contribution in [2.45, 2.75) is 58.9 Å². The third-order valence-corrected chi connectivity index (χ3v) is 3.98. The Morgan fingerprint density at radius 1 is 1.35 bits per heavy atom. The third kappa shape index (κ3) is 3.82. The normalized spacial score (nSPS) is 15.8. The van der Waals surface area contributed by atoms with Crippen molar-refractivity contribution < 1.29 is 0 Å². The molecule has 112 valence electrons. The zero-order valence-corrected chi connectivity index (χ0v) is 12.9. The minimum absolute atomic E-state index is 0.619. The minimum atomic E-state index is 0.619. The monoisotopic (exact) mass is 277 g/mol. The van der Waals surface area contributed by atoms with Crippen molar-refractivity contribution in [3.8, 4) is 0 Å². The van der Waals surface area contributed by atoms with Gasteiger partial charge in [-0.3, -0.25) is 0 Å². The fourth-order valence-electron chi connectivity index (χ4n) is 2.87. The Hall–Kier alpha value is -1.36.